The molecule has 3 aliphatic heterocycles. The Morgan fingerprint density at radius 1 is 0.917 bits per heavy atom. The van der Waals surface area contributed by atoms with Crippen LogP contribution in [-0.2, 0) is 12.1 Å². The second-order valence-corrected chi connectivity index (χ2v) is 11.5. The number of rotatable bonds is 8. The normalized spacial score (nSPS) is 28.0. The molecule has 1 aromatic heterocycles. The maximum absolute atomic E-state index is 12.2. The Hall–Kier alpha value is -2.63. The molecule has 0 radical (unpaired) electrons. The Balaban J connectivity index is 1.20. The molecule has 2 aromatic carbocycles. The molecule has 3 saturated heterocycles. The fourth-order valence-electron chi connectivity index (χ4n) is 7.27. The topological polar surface area (TPSA) is 55.5 Å². The van der Waals surface area contributed by atoms with Crippen LogP contribution in [0.2, 0.25) is 0 Å². The number of hydrogen-bond donors (Lipinski definition) is 1. The highest BCUT2D eigenvalue weighted by Crippen LogP contribution is 2.44. The van der Waals surface area contributed by atoms with Gasteiger partial charge in [0.25, 0.3) is 0 Å². The average molecular weight is 488 g/mol. The van der Waals surface area contributed by atoms with Crippen molar-refractivity contribution in [1.82, 2.24) is 5.16 Å². The highest BCUT2D eigenvalue weighted by Gasteiger charge is 2.48. The van der Waals surface area contributed by atoms with Gasteiger partial charge in [0.05, 0.1) is 26.2 Å². The lowest BCUT2D eigenvalue weighted by atomic mass is 9.71. The summed E-state index contributed by atoms with van der Waals surface area (Å²) in [6.07, 6.45) is 8.13. The van der Waals surface area contributed by atoms with Crippen LogP contribution in [0, 0.1) is 17.8 Å². The summed E-state index contributed by atoms with van der Waals surface area (Å²) >= 11 is 0. The van der Waals surface area contributed by atoms with E-state index in [0.717, 1.165) is 72.9 Å². The molecule has 1 aliphatic carbocycles. The molecule has 0 amide bonds. The number of hydrogen-bond acceptors (Lipinski definition) is 4. The van der Waals surface area contributed by atoms with E-state index in [1.807, 2.05) is 60.7 Å². The number of benzene rings is 2. The largest absolute Gasteiger partial charge is 0.493 e. The predicted octanol–water partition coefficient (Wildman–Crippen LogP) is 5.93. The molecule has 1 saturated carbocycles. The lowest BCUT2D eigenvalue weighted by Gasteiger charge is -2.52. The summed E-state index contributed by atoms with van der Waals surface area (Å²) in [7, 11) is 0. The Labute approximate surface area is 214 Å². The summed E-state index contributed by atoms with van der Waals surface area (Å²) < 4.78 is 13.2. The minimum atomic E-state index is -1.09. The zero-order valence-corrected chi connectivity index (χ0v) is 21.2. The zero-order valence-electron chi connectivity index (χ0n) is 21.2. The Bertz CT molecular complexity index is 1120. The maximum Gasteiger partial charge on any atom is 0.191 e. The van der Waals surface area contributed by atoms with Crippen LogP contribution in [0.5, 0.6) is 5.75 Å². The van der Waals surface area contributed by atoms with Crippen molar-refractivity contribution < 1.29 is 18.8 Å². The molecule has 0 spiro atoms. The number of fused-ring (bicyclic) bond motifs is 3. The fraction of sp³-hybridized carbons (Fsp3) is 0.516. The van der Waals surface area contributed by atoms with Gasteiger partial charge in [0.1, 0.15) is 23.6 Å². The minimum Gasteiger partial charge on any atom is -0.493 e. The third kappa shape index (κ3) is 4.59. The molecule has 4 fully saturated rings. The smallest absolute Gasteiger partial charge is 0.191 e. The van der Waals surface area contributed by atoms with Crippen molar-refractivity contribution in [1.29, 1.82) is 0 Å². The summed E-state index contributed by atoms with van der Waals surface area (Å²) in [5.41, 5.74) is 0.523. The van der Waals surface area contributed by atoms with Gasteiger partial charge in [-0.1, -0.05) is 73.0 Å². The minimum absolute atomic E-state index is 0.170. The third-order valence-electron chi connectivity index (χ3n) is 9.29. The molecule has 3 aromatic rings. The first-order valence-electron chi connectivity index (χ1n) is 13.9. The fourth-order valence-corrected chi connectivity index (χ4v) is 7.27. The second-order valence-electron chi connectivity index (χ2n) is 11.5. The lowest BCUT2D eigenvalue weighted by molar-refractivity contribution is -0.960. The third-order valence-corrected chi connectivity index (χ3v) is 9.29. The van der Waals surface area contributed by atoms with E-state index >= 15 is 0 Å². The molecule has 7 rings (SSSR count). The van der Waals surface area contributed by atoms with E-state index in [0.29, 0.717) is 11.6 Å². The molecule has 5 nitrogen and oxygen atoms in total. The first-order chi connectivity index (χ1) is 17.6. The molecule has 4 heterocycles. The molecule has 36 heavy (non-hydrogen) atoms. The number of aromatic nitrogens is 1. The van der Waals surface area contributed by atoms with Gasteiger partial charge in [-0.15, -0.1) is 0 Å². The Kier molecular flexibility index (Phi) is 6.61. The molecule has 5 heteroatoms. The molecule has 1 unspecified atom stereocenters. The van der Waals surface area contributed by atoms with Crippen molar-refractivity contribution in [3.05, 3.63) is 83.7 Å². The predicted molar refractivity (Wildman–Crippen MR) is 139 cm³/mol. The Morgan fingerprint density at radius 3 is 2.33 bits per heavy atom. The zero-order chi connectivity index (χ0) is 24.4. The van der Waals surface area contributed by atoms with Gasteiger partial charge in [0, 0.05) is 24.8 Å². The maximum atomic E-state index is 12.2. The van der Waals surface area contributed by atoms with Crippen LogP contribution in [0.25, 0.3) is 0 Å². The van der Waals surface area contributed by atoms with E-state index in [1.165, 1.54) is 32.4 Å². The van der Waals surface area contributed by atoms with Gasteiger partial charge in [0.15, 0.2) is 5.76 Å². The highest BCUT2D eigenvalue weighted by molar-refractivity contribution is 5.33. The van der Waals surface area contributed by atoms with Crippen molar-refractivity contribution in [2.45, 2.75) is 57.1 Å². The number of ether oxygens (including phenoxy) is 1. The monoisotopic (exact) mass is 487 g/mol. The van der Waals surface area contributed by atoms with Crippen LogP contribution < -0.4 is 4.74 Å². The van der Waals surface area contributed by atoms with Gasteiger partial charge in [-0.05, 0) is 42.4 Å². The summed E-state index contributed by atoms with van der Waals surface area (Å²) in [4.78, 5) is 0. The summed E-state index contributed by atoms with van der Waals surface area (Å²) in [6.45, 7) is 5.13. The van der Waals surface area contributed by atoms with Crippen LogP contribution in [-0.4, -0.2) is 41.0 Å². The first kappa shape index (κ1) is 23.7. The van der Waals surface area contributed by atoms with Crippen LogP contribution in [0.4, 0.5) is 0 Å². The first-order valence-corrected chi connectivity index (χ1v) is 13.9. The molecule has 4 aliphatic rings. The molecular formula is C31H39N2O3+. The van der Waals surface area contributed by atoms with E-state index in [9.17, 15) is 5.11 Å². The van der Waals surface area contributed by atoms with Gasteiger partial charge in [-0.25, -0.2) is 0 Å². The molecule has 190 valence electrons. The van der Waals surface area contributed by atoms with Crippen LogP contribution in [0.3, 0.4) is 0 Å². The second kappa shape index (κ2) is 10.0. The van der Waals surface area contributed by atoms with Gasteiger partial charge in [-0.2, -0.15) is 0 Å². The molecule has 2 bridgehead atoms. The number of para-hydroxylation sites is 1. The summed E-state index contributed by atoms with van der Waals surface area (Å²) in [5, 5.41) is 16.7. The van der Waals surface area contributed by atoms with E-state index < -0.39 is 5.60 Å². The summed E-state index contributed by atoms with van der Waals surface area (Å²) in [5.74, 6) is 3.36. The van der Waals surface area contributed by atoms with Crippen molar-refractivity contribution in [2.24, 2.45) is 17.8 Å². The van der Waals surface area contributed by atoms with E-state index in [-0.39, 0.29) is 5.92 Å². The van der Waals surface area contributed by atoms with Crippen molar-refractivity contribution in [3.8, 4) is 5.75 Å². The van der Waals surface area contributed by atoms with Crippen LogP contribution in [0.15, 0.2) is 71.3 Å². The number of nitrogens with zero attached hydrogens (tertiary/aromatic N) is 2. The van der Waals surface area contributed by atoms with Crippen LogP contribution in [0.1, 0.15) is 62.0 Å². The lowest BCUT2D eigenvalue weighted by Crippen LogP contribution is -2.62. The van der Waals surface area contributed by atoms with Crippen molar-refractivity contribution in [3.63, 3.8) is 0 Å². The standard InChI is InChI=1S/C31H39N2O3/c34-31(26-10-4-1-5-11-26,27-12-6-2-7-13-27)30-20-29(36-32-30)22-33-18-16-24(17-19-33)25(21-33)23-35-28-14-8-3-9-15-28/h1,3-5,8-11,14-15,20,24-25,27,34H,2,6-7,12-13,16-19,21-23H2/q+1/t24?,25?,31-,33?/m1/s1. The molecule has 2 atom stereocenters. The van der Waals surface area contributed by atoms with Gasteiger partial charge in [0.2, 0.25) is 0 Å². The van der Waals surface area contributed by atoms with Gasteiger partial charge in [-0.3, -0.25) is 0 Å². The number of aliphatic hydroxyl groups is 1. The summed E-state index contributed by atoms with van der Waals surface area (Å²) in [6, 6.07) is 22.4. The highest BCUT2D eigenvalue weighted by atomic mass is 16.5. The molecular weight excluding hydrogens is 448 g/mol. The van der Waals surface area contributed by atoms with Crippen LogP contribution >= 0.6 is 0 Å². The van der Waals surface area contributed by atoms with Crippen molar-refractivity contribution in [2.75, 3.05) is 26.2 Å². The Morgan fingerprint density at radius 2 is 1.61 bits per heavy atom. The van der Waals surface area contributed by atoms with Gasteiger partial charge >= 0.3 is 0 Å². The average Bonchev–Trinajstić information content (AvgIpc) is 3.42. The van der Waals surface area contributed by atoms with Gasteiger partial charge < -0.3 is 18.8 Å². The number of quaternary nitrogens is 1. The van der Waals surface area contributed by atoms with E-state index in [2.05, 4.69) is 11.2 Å². The van der Waals surface area contributed by atoms with E-state index in [1.54, 1.807) is 0 Å². The SMILES string of the molecule is O[C@@](c1ccccc1)(c1cc(C[N+]23CCC(CC2)C(COc2ccccc2)C3)on1)C1CCCCC1. The van der Waals surface area contributed by atoms with E-state index in [4.69, 9.17) is 9.26 Å². The van der Waals surface area contributed by atoms with Crippen molar-refractivity contribution >= 4 is 0 Å². The quantitative estimate of drug-likeness (QED) is 0.400. The molecule has 1 N–H and O–H groups in total. The number of piperidine rings is 3.